The van der Waals surface area contributed by atoms with E-state index >= 15 is 0 Å². The summed E-state index contributed by atoms with van der Waals surface area (Å²) in [6.07, 6.45) is 3.00. The average Bonchev–Trinajstić information content (AvgIpc) is 2.47. The van der Waals surface area contributed by atoms with Gasteiger partial charge in [0.15, 0.2) is 8.88 Å². The molecule has 0 radical (unpaired) electrons. The summed E-state index contributed by atoms with van der Waals surface area (Å²) < 4.78 is 4.32. The molecule has 12 heavy (non-hydrogen) atoms. The maximum absolute atomic E-state index is 10.3. The molecule has 0 fully saturated rings. The van der Waals surface area contributed by atoms with Crippen LogP contribution in [0.25, 0.3) is 0 Å². The number of nitrogens with zero attached hydrogens (tertiary/aromatic N) is 2. The summed E-state index contributed by atoms with van der Waals surface area (Å²) in [5, 5.41) is 3.12. The minimum atomic E-state index is -0.0392. The van der Waals surface area contributed by atoms with E-state index in [1.807, 2.05) is 14.0 Å². The van der Waals surface area contributed by atoms with Gasteiger partial charge in [-0.2, -0.15) is 0 Å². The lowest BCUT2D eigenvalue weighted by Gasteiger charge is -2.08. The van der Waals surface area contributed by atoms with Crippen molar-refractivity contribution in [3.63, 3.8) is 0 Å². The molecule has 0 aromatic heterocycles. The van der Waals surface area contributed by atoms with Gasteiger partial charge in [0.2, 0.25) is 6.34 Å². The minimum Gasteiger partial charge on any atom is -0.302 e. The molecule has 1 rings (SSSR count). The van der Waals surface area contributed by atoms with Crippen LogP contribution in [0.3, 0.4) is 0 Å². The highest BCUT2D eigenvalue weighted by Gasteiger charge is 2.16. The molecule has 0 amide bonds. The molecule has 2 unspecified atom stereocenters. The number of hydrogen-bond donors (Lipinski definition) is 1. The Kier molecular flexibility index (Phi) is 3.63. The molecular formula is C7H15N3OP+. The zero-order chi connectivity index (χ0) is 8.97. The molecule has 0 saturated heterocycles. The van der Waals surface area contributed by atoms with Gasteiger partial charge >= 0.3 is 0 Å². The van der Waals surface area contributed by atoms with Crippen molar-refractivity contribution >= 4 is 21.5 Å². The van der Waals surface area contributed by atoms with Crippen molar-refractivity contribution in [1.82, 2.24) is 9.76 Å². The molecule has 0 saturated carbocycles. The van der Waals surface area contributed by atoms with Gasteiger partial charge in [-0.15, -0.1) is 0 Å². The van der Waals surface area contributed by atoms with Crippen LogP contribution in [-0.4, -0.2) is 48.0 Å². The van der Waals surface area contributed by atoms with E-state index < -0.39 is 0 Å². The van der Waals surface area contributed by atoms with Crippen LogP contribution in [0, 0.1) is 0 Å². The monoisotopic (exact) mass is 188 g/mol. The molecule has 5 heteroatoms. The van der Waals surface area contributed by atoms with Crippen LogP contribution >= 0.6 is 8.88 Å². The lowest BCUT2D eigenvalue weighted by Crippen LogP contribution is -2.24. The molecule has 2 atom stereocenters. The maximum Gasteiger partial charge on any atom is 0.237 e. The van der Waals surface area contributed by atoms with Crippen molar-refractivity contribution in [3.05, 3.63) is 0 Å². The first-order chi connectivity index (χ1) is 5.72. The van der Waals surface area contributed by atoms with E-state index in [4.69, 9.17) is 0 Å². The van der Waals surface area contributed by atoms with Gasteiger partial charge in [-0.3, -0.25) is 9.66 Å². The Hall–Kier alpha value is -0.470. The fourth-order valence-electron chi connectivity index (χ4n) is 0.922. The third-order valence-corrected chi connectivity index (χ3v) is 2.88. The number of aldehydes is 1. The fourth-order valence-corrected chi connectivity index (χ4v) is 1.83. The van der Waals surface area contributed by atoms with E-state index in [2.05, 4.69) is 20.7 Å². The Bertz CT molecular complexity index is 195. The minimum absolute atomic E-state index is 0.0392. The molecule has 1 aliphatic heterocycles. The third kappa shape index (κ3) is 2.88. The number of rotatable bonds is 4. The molecule has 1 heterocycles. The lowest BCUT2D eigenvalue weighted by atomic mass is 10.4. The largest absolute Gasteiger partial charge is 0.302 e. The molecule has 0 bridgehead atoms. The average molecular weight is 188 g/mol. The maximum atomic E-state index is 10.3. The number of likely N-dealkylation sites (N-methyl/N-ethyl adjacent to an activating group) is 1. The predicted octanol–water partition coefficient (Wildman–Crippen LogP) is -0.342. The second kappa shape index (κ2) is 4.53. The van der Waals surface area contributed by atoms with E-state index in [9.17, 15) is 4.79 Å². The number of nitrogens with one attached hydrogen (secondary N) is 1. The first-order valence-corrected chi connectivity index (χ1v) is 4.95. The van der Waals surface area contributed by atoms with Crippen molar-refractivity contribution < 1.29 is 9.37 Å². The summed E-state index contributed by atoms with van der Waals surface area (Å²) in [4.78, 5) is 10.3. The molecular weight excluding hydrogens is 173 g/mol. The number of carbonyl (C=O) groups is 1. The van der Waals surface area contributed by atoms with Crippen LogP contribution in [0.2, 0.25) is 0 Å². The van der Waals surface area contributed by atoms with Gasteiger partial charge in [0.1, 0.15) is 19.4 Å². The highest BCUT2D eigenvalue weighted by Crippen LogP contribution is 2.12. The molecule has 0 aromatic carbocycles. The highest BCUT2D eigenvalue weighted by molar-refractivity contribution is 7.33. The van der Waals surface area contributed by atoms with Crippen LogP contribution in [0.15, 0.2) is 0 Å². The number of carbonyl (C=O) groups excluding carboxylic acids is 1. The smallest absolute Gasteiger partial charge is 0.237 e. The first kappa shape index (κ1) is 9.62. The van der Waals surface area contributed by atoms with Gasteiger partial charge in [0.25, 0.3) is 0 Å². The summed E-state index contributed by atoms with van der Waals surface area (Å²) in [7, 11) is 2.56. The van der Waals surface area contributed by atoms with E-state index in [0.29, 0.717) is 8.88 Å². The number of hydrogen-bond acceptors (Lipinski definition) is 3. The van der Waals surface area contributed by atoms with Crippen molar-refractivity contribution in [2.75, 3.05) is 20.1 Å². The molecule has 1 aliphatic rings. The van der Waals surface area contributed by atoms with Gasteiger partial charge in [-0.25, -0.2) is 4.67 Å². The Balaban J connectivity index is 2.20. The van der Waals surface area contributed by atoms with E-state index in [-0.39, 0.29) is 6.04 Å². The van der Waals surface area contributed by atoms with Crippen molar-refractivity contribution in [3.8, 4) is 0 Å². The van der Waals surface area contributed by atoms with E-state index in [1.165, 1.54) is 0 Å². The Morgan fingerprint density at radius 2 is 2.58 bits per heavy atom. The Morgan fingerprint density at radius 3 is 3.08 bits per heavy atom. The summed E-state index contributed by atoms with van der Waals surface area (Å²) in [5.74, 6) is 0. The summed E-state index contributed by atoms with van der Waals surface area (Å²) in [6, 6.07) is -0.0392. The fraction of sp³-hybridized carbons (Fsp3) is 0.714. The third-order valence-electron chi connectivity index (χ3n) is 1.67. The first-order valence-electron chi connectivity index (χ1n) is 4.00. The molecule has 1 N–H and O–H groups in total. The van der Waals surface area contributed by atoms with Gasteiger partial charge in [-0.1, -0.05) is 0 Å². The van der Waals surface area contributed by atoms with Crippen molar-refractivity contribution in [2.24, 2.45) is 0 Å². The van der Waals surface area contributed by atoms with Crippen LogP contribution in [0.1, 0.15) is 6.92 Å². The SMILES string of the molecule is CC(C=O)NPN1C=[N+](C)CC1. The Morgan fingerprint density at radius 1 is 1.83 bits per heavy atom. The lowest BCUT2D eigenvalue weighted by molar-refractivity contribution is -0.482. The second-order valence-electron chi connectivity index (χ2n) is 2.97. The standard InChI is InChI=1S/C7H15N3OP/c1-7(5-11)8-12-10-4-3-9(2)6-10/h5-8,12H,3-4H2,1-2H3/q+1. The topological polar surface area (TPSA) is 35.4 Å². The zero-order valence-corrected chi connectivity index (χ0v) is 8.45. The van der Waals surface area contributed by atoms with Crippen molar-refractivity contribution in [1.29, 1.82) is 0 Å². The van der Waals surface area contributed by atoms with Gasteiger partial charge < -0.3 is 4.79 Å². The van der Waals surface area contributed by atoms with Gasteiger partial charge in [-0.05, 0) is 6.92 Å². The summed E-state index contributed by atoms with van der Waals surface area (Å²) in [6.45, 7) is 3.98. The highest BCUT2D eigenvalue weighted by atomic mass is 31.1. The predicted molar refractivity (Wildman–Crippen MR) is 50.8 cm³/mol. The molecule has 4 nitrogen and oxygen atoms in total. The van der Waals surface area contributed by atoms with E-state index in [0.717, 1.165) is 19.4 Å². The molecule has 68 valence electrons. The normalized spacial score (nSPS) is 20.2. The Labute approximate surface area is 74.5 Å². The van der Waals surface area contributed by atoms with Crippen molar-refractivity contribution in [2.45, 2.75) is 13.0 Å². The zero-order valence-electron chi connectivity index (χ0n) is 7.45. The van der Waals surface area contributed by atoms with E-state index in [1.54, 1.807) is 0 Å². The summed E-state index contributed by atoms with van der Waals surface area (Å²) in [5.41, 5.74) is 0. The molecule has 0 spiro atoms. The van der Waals surface area contributed by atoms with Gasteiger partial charge in [0.05, 0.1) is 13.1 Å². The summed E-state index contributed by atoms with van der Waals surface area (Å²) >= 11 is 0. The van der Waals surface area contributed by atoms with Crippen LogP contribution in [0.5, 0.6) is 0 Å². The van der Waals surface area contributed by atoms with Gasteiger partial charge in [0, 0.05) is 0 Å². The quantitative estimate of drug-likeness (QED) is 0.372. The molecule has 0 aliphatic carbocycles. The second-order valence-corrected chi connectivity index (χ2v) is 4.06. The van der Waals surface area contributed by atoms with Crippen LogP contribution in [-0.2, 0) is 4.79 Å². The van der Waals surface area contributed by atoms with Crippen LogP contribution < -0.4 is 5.09 Å². The van der Waals surface area contributed by atoms with Crippen LogP contribution in [0.4, 0.5) is 0 Å². The molecule has 0 aromatic rings.